The maximum Gasteiger partial charge on any atom is 0.310 e. The van der Waals surface area contributed by atoms with E-state index in [2.05, 4.69) is 18.3 Å². The molecule has 0 aliphatic rings. The highest BCUT2D eigenvalue weighted by Crippen LogP contribution is 2.31. The molecule has 20 heavy (non-hydrogen) atoms. The highest BCUT2D eigenvalue weighted by atomic mass is 32.1. The van der Waals surface area contributed by atoms with Crippen molar-refractivity contribution in [3.63, 3.8) is 0 Å². The van der Waals surface area contributed by atoms with E-state index in [9.17, 15) is 14.7 Å². The number of carboxylic acids is 1. The fourth-order valence-corrected chi connectivity index (χ4v) is 3.04. The van der Waals surface area contributed by atoms with Crippen LogP contribution in [-0.2, 0) is 22.6 Å². The van der Waals surface area contributed by atoms with E-state index < -0.39 is 11.4 Å². The van der Waals surface area contributed by atoms with Crippen LogP contribution < -0.4 is 5.32 Å². The maximum atomic E-state index is 12.0. The van der Waals surface area contributed by atoms with Gasteiger partial charge in [0, 0.05) is 16.2 Å². The van der Waals surface area contributed by atoms with Gasteiger partial charge in [0.25, 0.3) is 0 Å². The lowest BCUT2D eigenvalue weighted by atomic mass is 9.79. The molecule has 0 spiro atoms. The SMILES string of the molecule is CCc1ccc(CNC(=O)CC(CC)(CC)C(=O)O)s1. The lowest BCUT2D eigenvalue weighted by Gasteiger charge is -2.25. The first-order valence-electron chi connectivity index (χ1n) is 7.05. The molecule has 1 rings (SSSR count). The summed E-state index contributed by atoms with van der Waals surface area (Å²) in [6.45, 7) is 6.21. The summed E-state index contributed by atoms with van der Waals surface area (Å²) < 4.78 is 0. The van der Waals surface area contributed by atoms with Gasteiger partial charge < -0.3 is 10.4 Å². The van der Waals surface area contributed by atoms with Gasteiger partial charge in [0.15, 0.2) is 0 Å². The third kappa shape index (κ3) is 4.07. The Kier molecular flexibility index (Phi) is 6.20. The van der Waals surface area contributed by atoms with Crippen molar-refractivity contribution in [2.24, 2.45) is 5.41 Å². The smallest absolute Gasteiger partial charge is 0.310 e. The zero-order chi connectivity index (χ0) is 15.2. The first-order valence-corrected chi connectivity index (χ1v) is 7.86. The van der Waals surface area contributed by atoms with E-state index in [1.165, 1.54) is 4.88 Å². The molecule has 0 aromatic carbocycles. The second-order valence-corrected chi connectivity index (χ2v) is 6.22. The Bertz CT molecular complexity index is 463. The van der Waals surface area contributed by atoms with Gasteiger partial charge in [-0.3, -0.25) is 9.59 Å². The highest BCUT2D eigenvalue weighted by Gasteiger charge is 2.36. The molecular weight excluding hydrogens is 274 g/mol. The predicted octanol–water partition coefficient (Wildman–Crippen LogP) is 3.21. The average Bonchev–Trinajstić information content (AvgIpc) is 2.90. The third-order valence-electron chi connectivity index (χ3n) is 3.83. The van der Waals surface area contributed by atoms with Gasteiger partial charge in [0.05, 0.1) is 12.0 Å². The van der Waals surface area contributed by atoms with Crippen molar-refractivity contribution in [3.8, 4) is 0 Å². The number of thiophene rings is 1. The largest absolute Gasteiger partial charge is 0.481 e. The number of hydrogen-bond acceptors (Lipinski definition) is 3. The Morgan fingerprint density at radius 3 is 2.25 bits per heavy atom. The summed E-state index contributed by atoms with van der Waals surface area (Å²) in [4.78, 5) is 25.7. The second-order valence-electron chi connectivity index (χ2n) is 4.97. The van der Waals surface area contributed by atoms with Crippen LogP contribution >= 0.6 is 11.3 Å². The molecule has 0 aliphatic carbocycles. The lowest BCUT2D eigenvalue weighted by molar-refractivity contribution is -0.152. The van der Waals surface area contributed by atoms with Crippen molar-refractivity contribution < 1.29 is 14.7 Å². The molecule has 5 heteroatoms. The molecule has 1 aromatic rings. The molecule has 0 saturated heterocycles. The van der Waals surface area contributed by atoms with Crippen LogP contribution in [0.1, 0.15) is 49.8 Å². The number of carbonyl (C=O) groups is 2. The molecule has 0 atom stereocenters. The second kappa shape index (κ2) is 7.43. The summed E-state index contributed by atoms with van der Waals surface area (Å²) in [5.74, 6) is -1.08. The highest BCUT2D eigenvalue weighted by molar-refractivity contribution is 7.11. The predicted molar refractivity (Wildman–Crippen MR) is 80.8 cm³/mol. The lowest BCUT2D eigenvalue weighted by Crippen LogP contribution is -2.36. The fraction of sp³-hybridized carbons (Fsp3) is 0.600. The number of carboxylic acid groups (broad SMARTS) is 1. The van der Waals surface area contributed by atoms with Crippen LogP contribution in [0.3, 0.4) is 0 Å². The summed E-state index contributed by atoms with van der Waals surface area (Å²) >= 11 is 1.68. The van der Waals surface area contributed by atoms with E-state index in [1.54, 1.807) is 11.3 Å². The Labute approximate surface area is 124 Å². The van der Waals surface area contributed by atoms with Crippen molar-refractivity contribution in [3.05, 3.63) is 21.9 Å². The van der Waals surface area contributed by atoms with Crippen LogP contribution in [0.5, 0.6) is 0 Å². The molecular formula is C15H23NO3S. The summed E-state index contributed by atoms with van der Waals surface area (Å²) in [7, 11) is 0. The first kappa shape index (κ1) is 16.7. The minimum atomic E-state index is -0.936. The van der Waals surface area contributed by atoms with Gasteiger partial charge in [0.2, 0.25) is 5.91 Å². The van der Waals surface area contributed by atoms with Crippen LogP contribution in [0.4, 0.5) is 0 Å². The van der Waals surface area contributed by atoms with Gasteiger partial charge in [-0.1, -0.05) is 20.8 Å². The van der Waals surface area contributed by atoms with E-state index >= 15 is 0 Å². The Morgan fingerprint density at radius 1 is 1.20 bits per heavy atom. The van der Waals surface area contributed by atoms with Crippen molar-refractivity contribution in [2.45, 2.75) is 53.0 Å². The summed E-state index contributed by atoms with van der Waals surface area (Å²) in [5.41, 5.74) is -0.936. The van der Waals surface area contributed by atoms with Crippen molar-refractivity contribution in [2.75, 3.05) is 0 Å². The quantitative estimate of drug-likeness (QED) is 0.774. The molecule has 1 amide bonds. The standard InChI is InChI=1S/C15H23NO3S/c1-4-11-7-8-12(20-11)10-16-13(17)9-15(5-2,6-3)14(18)19/h7-8H,4-6,9-10H2,1-3H3,(H,16,17)(H,18,19). The molecule has 0 unspecified atom stereocenters. The molecule has 0 fully saturated rings. The first-order chi connectivity index (χ1) is 9.47. The number of nitrogens with one attached hydrogen (secondary N) is 1. The Hall–Kier alpha value is -1.36. The van der Waals surface area contributed by atoms with Gasteiger partial charge >= 0.3 is 5.97 Å². The van der Waals surface area contributed by atoms with Gasteiger partial charge in [-0.25, -0.2) is 0 Å². The monoisotopic (exact) mass is 297 g/mol. The van der Waals surface area contributed by atoms with Crippen LogP contribution in [0.15, 0.2) is 12.1 Å². The average molecular weight is 297 g/mol. The maximum absolute atomic E-state index is 12.0. The van der Waals surface area contributed by atoms with E-state index in [0.29, 0.717) is 19.4 Å². The van der Waals surface area contributed by atoms with Crippen molar-refractivity contribution in [1.82, 2.24) is 5.32 Å². The van der Waals surface area contributed by atoms with Gasteiger partial charge in [0.1, 0.15) is 0 Å². The van der Waals surface area contributed by atoms with Crippen molar-refractivity contribution in [1.29, 1.82) is 0 Å². The zero-order valence-electron chi connectivity index (χ0n) is 12.4. The molecule has 1 heterocycles. The van der Waals surface area contributed by atoms with Crippen molar-refractivity contribution >= 4 is 23.2 Å². The molecule has 112 valence electrons. The minimum Gasteiger partial charge on any atom is -0.481 e. The number of amides is 1. The molecule has 0 aliphatic heterocycles. The van der Waals surface area contributed by atoms with E-state index in [1.807, 2.05) is 19.9 Å². The number of aliphatic carboxylic acids is 1. The molecule has 0 radical (unpaired) electrons. The van der Waals surface area contributed by atoms with Crippen LogP contribution in [0, 0.1) is 5.41 Å². The van der Waals surface area contributed by atoms with Crippen LogP contribution in [-0.4, -0.2) is 17.0 Å². The topological polar surface area (TPSA) is 66.4 Å². The molecule has 4 nitrogen and oxygen atoms in total. The summed E-state index contributed by atoms with van der Waals surface area (Å²) in [6.07, 6.45) is 1.96. The molecule has 1 aromatic heterocycles. The van der Waals surface area contributed by atoms with E-state index in [4.69, 9.17) is 0 Å². The minimum absolute atomic E-state index is 0.0430. The number of rotatable bonds is 8. The number of hydrogen-bond donors (Lipinski definition) is 2. The van der Waals surface area contributed by atoms with Gasteiger partial charge in [-0.15, -0.1) is 11.3 Å². The molecule has 0 saturated carbocycles. The number of carbonyl (C=O) groups excluding carboxylic acids is 1. The van der Waals surface area contributed by atoms with Gasteiger partial charge in [-0.2, -0.15) is 0 Å². The van der Waals surface area contributed by atoms with E-state index in [-0.39, 0.29) is 12.3 Å². The van der Waals surface area contributed by atoms with Gasteiger partial charge in [-0.05, 0) is 31.4 Å². The third-order valence-corrected chi connectivity index (χ3v) is 5.06. The zero-order valence-corrected chi connectivity index (χ0v) is 13.2. The molecule has 2 N–H and O–H groups in total. The van der Waals surface area contributed by atoms with Crippen LogP contribution in [0.25, 0.3) is 0 Å². The summed E-state index contributed by atoms with van der Waals surface area (Å²) in [5, 5.41) is 12.1. The van der Waals surface area contributed by atoms with Crippen LogP contribution in [0.2, 0.25) is 0 Å². The Balaban J connectivity index is 2.56. The summed E-state index contributed by atoms with van der Waals surface area (Å²) in [6, 6.07) is 4.07. The normalized spacial score (nSPS) is 11.3. The fourth-order valence-electron chi connectivity index (χ4n) is 2.14. The Morgan fingerprint density at radius 2 is 1.80 bits per heavy atom. The number of aryl methyl sites for hydroxylation is 1. The van der Waals surface area contributed by atoms with E-state index in [0.717, 1.165) is 11.3 Å². The molecule has 0 bridgehead atoms.